The van der Waals surface area contributed by atoms with Crippen molar-refractivity contribution in [3.05, 3.63) is 29.8 Å². The molecule has 1 aromatic carbocycles. The summed E-state index contributed by atoms with van der Waals surface area (Å²) < 4.78 is 36.0. The lowest BCUT2D eigenvalue weighted by molar-refractivity contribution is 0.0785. The second-order valence-corrected chi connectivity index (χ2v) is 5.92. The maximum Gasteiger partial charge on any atom is 0.234 e. The first-order chi connectivity index (χ1) is 9.07. The molecular formula is C13H21NO4S. The number of hydrogen-bond donors (Lipinski definition) is 1. The zero-order valence-electron chi connectivity index (χ0n) is 11.4. The number of benzene rings is 1. The van der Waals surface area contributed by atoms with Crippen LogP contribution in [0.3, 0.4) is 0 Å². The number of aryl methyl sites for hydroxylation is 1. The molecule has 0 atom stereocenters. The number of nitrogens with one attached hydrogen (secondary N) is 1. The van der Waals surface area contributed by atoms with Crippen LogP contribution in [0.4, 0.5) is 5.69 Å². The van der Waals surface area contributed by atoms with Crippen molar-refractivity contribution in [3.63, 3.8) is 0 Å². The molecule has 0 aromatic heterocycles. The lowest BCUT2D eigenvalue weighted by atomic mass is 10.2. The molecule has 0 unspecified atom stereocenters. The molecular weight excluding hydrogens is 266 g/mol. The average molecular weight is 287 g/mol. The highest BCUT2D eigenvalue weighted by molar-refractivity contribution is 7.92. The van der Waals surface area contributed by atoms with Crippen molar-refractivity contribution in [1.29, 1.82) is 0 Å². The number of sulfonamides is 1. The van der Waals surface area contributed by atoms with E-state index in [-0.39, 0.29) is 12.4 Å². The van der Waals surface area contributed by atoms with Crippen LogP contribution in [-0.2, 0) is 25.9 Å². The maximum atomic E-state index is 11.8. The zero-order chi connectivity index (χ0) is 14.1. The quantitative estimate of drug-likeness (QED) is 0.701. The molecule has 19 heavy (non-hydrogen) atoms. The Hall–Kier alpha value is -1.11. The minimum Gasteiger partial charge on any atom is -0.382 e. The van der Waals surface area contributed by atoms with Gasteiger partial charge in [-0.1, -0.05) is 19.1 Å². The normalized spacial score (nSPS) is 11.5. The van der Waals surface area contributed by atoms with E-state index in [9.17, 15) is 8.42 Å². The number of ether oxygens (including phenoxy) is 2. The van der Waals surface area contributed by atoms with Crippen LogP contribution in [-0.4, -0.2) is 41.1 Å². The summed E-state index contributed by atoms with van der Waals surface area (Å²) in [6, 6.07) is 7.35. The van der Waals surface area contributed by atoms with Crippen molar-refractivity contribution in [2.24, 2.45) is 0 Å². The Bertz CT molecular complexity index is 456. The van der Waals surface area contributed by atoms with Gasteiger partial charge in [0, 0.05) is 12.8 Å². The van der Waals surface area contributed by atoms with Crippen molar-refractivity contribution in [3.8, 4) is 0 Å². The van der Waals surface area contributed by atoms with Gasteiger partial charge in [0.1, 0.15) is 0 Å². The third-order valence-corrected chi connectivity index (χ3v) is 3.81. The topological polar surface area (TPSA) is 64.6 Å². The van der Waals surface area contributed by atoms with Crippen LogP contribution in [0.2, 0.25) is 0 Å². The molecule has 0 saturated heterocycles. The van der Waals surface area contributed by atoms with E-state index in [1.165, 1.54) is 5.56 Å². The largest absolute Gasteiger partial charge is 0.382 e. The molecule has 0 aliphatic rings. The van der Waals surface area contributed by atoms with Crippen molar-refractivity contribution >= 4 is 15.7 Å². The molecule has 0 heterocycles. The molecule has 0 amide bonds. The van der Waals surface area contributed by atoms with Crippen LogP contribution in [0.1, 0.15) is 12.5 Å². The van der Waals surface area contributed by atoms with Gasteiger partial charge in [-0.25, -0.2) is 8.42 Å². The summed E-state index contributed by atoms with van der Waals surface area (Å²) in [6.45, 7) is 3.07. The van der Waals surface area contributed by atoms with Crippen LogP contribution in [0.5, 0.6) is 0 Å². The Balaban J connectivity index is 2.40. The summed E-state index contributed by atoms with van der Waals surface area (Å²) >= 11 is 0. The van der Waals surface area contributed by atoms with Crippen LogP contribution >= 0.6 is 0 Å². The van der Waals surface area contributed by atoms with Crippen LogP contribution in [0.15, 0.2) is 24.3 Å². The molecule has 0 radical (unpaired) electrons. The summed E-state index contributed by atoms with van der Waals surface area (Å²) in [5, 5.41) is 0. The molecule has 0 fully saturated rings. The van der Waals surface area contributed by atoms with Gasteiger partial charge in [0.15, 0.2) is 0 Å². The Labute approximate surface area is 115 Å². The maximum absolute atomic E-state index is 11.8. The zero-order valence-corrected chi connectivity index (χ0v) is 12.2. The minimum atomic E-state index is -3.36. The molecule has 6 heteroatoms. The standard InChI is InChI=1S/C13H21NO4S/c1-3-12-4-6-13(7-5-12)14-19(15,16)11-10-18-9-8-17-2/h4-7,14H,3,8-11H2,1-2H3. The second kappa shape index (κ2) is 8.14. The fraction of sp³-hybridized carbons (Fsp3) is 0.538. The average Bonchev–Trinajstić information content (AvgIpc) is 2.39. The van der Waals surface area contributed by atoms with Gasteiger partial charge >= 0.3 is 0 Å². The molecule has 0 spiro atoms. The van der Waals surface area contributed by atoms with Crippen molar-refractivity contribution in [1.82, 2.24) is 0 Å². The second-order valence-electron chi connectivity index (χ2n) is 4.08. The molecule has 0 aliphatic heterocycles. The fourth-order valence-corrected chi connectivity index (χ4v) is 2.39. The van der Waals surface area contributed by atoms with E-state index in [1.54, 1.807) is 19.2 Å². The van der Waals surface area contributed by atoms with Gasteiger partial charge in [-0.15, -0.1) is 0 Å². The van der Waals surface area contributed by atoms with Crippen molar-refractivity contribution < 1.29 is 17.9 Å². The van der Waals surface area contributed by atoms with E-state index < -0.39 is 10.0 Å². The first kappa shape index (κ1) is 15.9. The predicted molar refractivity (Wildman–Crippen MR) is 75.9 cm³/mol. The number of hydrogen-bond acceptors (Lipinski definition) is 4. The highest BCUT2D eigenvalue weighted by Crippen LogP contribution is 2.11. The minimum absolute atomic E-state index is 0.0633. The number of methoxy groups -OCH3 is 1. The summed E-state index contributed by atoms with van der Waals surface area (Å²) in [4.78, 5) is 0. The van der Waals surface area contributed by atoms with E-state index >= 15 is 0 Å². The van der Waals surface area contributed by atoms with E-state index in [0.717, 1.165) is 6.42 Å². The third-order valence-electron chi connectivity index (χ3n) is 2.56. The van der Waals surface area contributed by atoms with Crippen LogP contribution in [0, 0.1) is 0 Å². The number of rotatable bonds is 9. The van der Waals surface area contributed by atoms with Crippen LogP contribution < -0.4 is 4.72 Å². The van der Waals surface area contributed by atoms with Crippen molar-refractivity contribution in [2.45, 2.75) is 13.3 Å². The van der Waals surface area contributed by atoms with Gasteiger partial charge in [0.2, 0.25) is 10.0 Å². The highest BCUT2D eigenvalue weighted by atomic mass is 32.2. The number of anilines is 1. The Morgan fingerprint density at radius 2 is 1.79 bits per heavy atom. The molecule has 0 aliphatic carbocycles. The van der Waals surface area contributed by atoms with Gasteiger partial charge in [-0.05, 0) is 24.1 Å². The molecule has 0 bridgehead atoms. The molecule has 5 nitrogen and oxygen atoms in total. The molecule has 1 rings (SSSR count). The lowest BCUT2D eigenvalue weighted by Crippen LogP contribution is -2.20. The van der Waals surface area contributed by atoms with Gasteiger partial charge in [-0.2, -0.15) is 0 Å². The van der Waals surface area contributed by atoms with Gasteiger partial charge < -0.3 is 9.47 Å². The Kier molecular flexibility index (Phi) is 6.83. The summed E-state index contributed by atoms with van der Waals surface area (Å²) in [5.74, 6) is -0.0633. The summed E-state index contributed by atoms with van der Waals surface area (Å²) in [6.07, 6.45) is 0.931. The van der Waals surface area contributed by atoms with Crippen molar-refractivity contribution in [2.75, 3.05) is 37.4 Å². The highest BCUT2D eigenvalue weighted by Gasteiger charge is 2.10. The fourth-order valence-electron chi connectivity index (χ4n) is 1.45. The Morgan fingerprint density at radius 1 is 1.11 bits per heavy atom. The monoisotopic (exact) mass is 287 g/mol. The summed E-state index contributed by atoms with van der Waals surface area (Å²) in [5.41, 5.74) is 1.75. The molecule has 108 valence electrons. The molecule has 1 aromatic rings. The summed E-state index contributed by atoms with van der Waals surface area (Å²) in [7, 11) is -1.79. The van der Waals surface area contributed by atoms with E-state index in [0.29, 0.717) is 18.9 Å². The van der Waals surface area contributed by atoms with Gasteiger partial charge in [-0.3, -0.25) is 4.72 Å². The first-order valence-electron chi connectivity index (χ1n) is 6.23. The van der Waals surface area contributed by atoms with E-state index in [2.05, 4.69) is 11.6 Å². The van der Waals surface area contributed by atoms with Crippen LogP contribution in [0.25, 0.3) is 0 Å². The first-order valence-corrected chi connectivity index (χ1v) is 7.88. The van der Waals surface area contributed by atoms with E-state index in [4.69, 9.17) is 9.47 Å². The van der Waals surface area contributed by atoms with Gasteiger partial charge in [0.05, 0.1) is 25.6 Å². The smallest absolute Gasteiger partial charge is 0.234 e. The predicted octanol–water partition coefficient (Wildman–Crippen LogP) is 1.65. The molecule has 0 saturated carbocycles. The Morgan fingerprint density at radius 3 is 2.37 bits per heavy atom. The lowest BCUT2D eigenvalue weighted by Gasteiger charge is -2.09. The molecule has 1 N–H and O–H groups in total. The SMILES string of the molecule is CCc1ccc(NS(=O)(=O)CCOCCOC)cc1. The van der Waals surface area contributed by atoms with E-state index in [1.807, 2.05) is 12.1 Å². The van der Waals surface area contributed by atoms with Gasteiger partial charge in [0.25, 0.3) is 0 Å². The third kappa shape index (κ3) is 6.56.